The van der Waals surface area contributed by atoms with Gasteiger partial charge in [0, 0.05) is 17.6 Å². The molecule has 0 N–H and O–H groups in total. The molecule has 1 aliphatic rings. The predicted octanol–water partition coefficient (Wildman–Crippen LogP) is 3.56. The van der Waals surface area contributed by atoms with E-state index in [1.54, 1.807) is 24.1 Å². The van der Waals surface area contributed by atoms with Crippen LogP contribution in [0.25, 0.3) is 0 Å². The van der Waals surface area contributed by atoms with Gasteiger partial charge < -0.3 is 14.4 Å². The summed E-state index contributed by atoms with van der Waals surface area (Å²) in [5.41, 5.74) is 2.61. The van der Waals surface area contributed by atoms with Gasteiger partial charge in [-0.2, -0.15) is 0 Å². The summed E-state index contributed by atoms with van der Waals surface area (Å²) in [7, 11) is -1.56. The molecule has 1 heterocycles. The summed E-state index contributed by atoms with van der Waals surface area (Å²) in [5.74, 6) is 1.05. The van der Waals surface area contributed by atoms with Gasteiger partial charge in [-0.25, -0.2) is 8.42 Å². The molecule has 0 saturated carbocycles. The van der Waals surface area contributed by atoms with Gasteiger partial charge in [-0.05, 0) is 61.2 Å². The Bertz CT molecular complexity index is 1010. The molecule has 0 radical (unpaired) electrons. The number of methoxy groups -OCH3 is 1. The van der Waals surface area contributed by atoms with Gasteiger partial charge in [-0.3, -0.25) is 4.79 Å². The van der Waals surface area contributed by atoms with E-state index in [0.29, 0.717) is 22.9 Å². The highest BCUT2D eigenvalue weighted by molar-refractivity contribution is 7.91. The van der Waals surface area contributed by atoms with E-state index < -0.39 is 9.84 Å². The molecule has 0 unspecified atom stereocenters. The second-order valence-corrected chi connectivity index (χ2v) is 10.2. The van der Waals surface area contributed by atoms with Crippen LogP contribution in [0.5, 0.6) is 11.5 Å². The number of amides is 1. The van der Waals surface area contributed by atoms with E-state index in [2.05, 4.69) is 0 Å². The molecule has 2 aromatic carbocycles. The van der Waals surface area contributed by atoms with Crippen LogP contribution in [0.3, 0.4) is 0 Å². The minimum Gasteiger partial charge on any atom is -0.497 e. The van der Waals surface area contributed by atoms with Crippen LogP contribution in [0.2, 0.25) is 5.02 Å². The van der Waals surface area contributed by atoms with Crippen LogP contribution in [-0.4, -0.2) is 50.5 Å². The summed E-state index contributed by atoms with van der Waals surface area (Å²) in [6, 6.07) is 10.6. The van der Waals surface area contributed by atoms with Crippen LogP contribution in [0.1, 0.15) is 23.1 Å². The third kappa shape index (κ3) is 5.46. The second kappa shape index (κ2) is 9.27. The molecule has 1 atom stereocenters. The van der Waals surface area contributed by atoms with Gasteiger partial charge in [-0.15, -0.1) is 0 Å². The largest absolute Gasteiger partial charge is 0.497 e. The van der Waals surface area contributed by atoms with Crippen molar-refractivity contribution in [2.45, 2.75) is 32.9 Å². The highest BCUT2D eigenvalue weighted by atomic mass is 35.5. The molecule has 1 fully saturated rings. The highest BCUT2D eigenvalue weighted by Crippen LogP contribution is 2.26. The molecule has 0 aromatic heterocycles. The number of benzene rings is 2. The van der Waals surface area contributed by atoms with E-state index >= 15 is 0 Å². The van der Waals surface area contributed by atoms with Crippen LogP contribution >= 0.6 is 11.6 Å². The van der Waals surface area contributed by atoms with E-state index in [0.717, 1.165) is 16.7 Å². The molecule has 0 aliphatic carbocycles. The predicted molar refractivity (Wildman–Crippen MR) is 117 cm³/mol. The lowest BCUT2D eigenvalue weighted by Crippen LogP contribution is -2.43. The Kier molecular flexibility index (Phi) is 6.93. The number of aryl methyl sites for hydroxylation is 2. The first kappa shape index (κ1) is 22.4. The zero-order valence-electron chi connectivity index (χ0n) is 17.4. The number of nitrogens with zero attached hydrogens (tertiary/aromatic N) is 1. The lowest BCUT2D eigenvalue weighted by Gasteiger charge is -2.28. The third-order valence-corrected chi connectivity index (χ3v) is 7.58. The fourth-order valence-corrected chi connectivity index (χ4v) is 5.47. The molecule has 1 amide bonds. The maximum absolute atomic E-state index is 13.1. The van der Waals surface area contributed by atoms with Gasteiger partial charge in [0.2, 0.25) is 0 Å². The normalized spacial score (nSPS) is 17.5. The molecule has 162 valence electrons. The van der Waals surface area contributed by atoms with Crippen molar-refractivity contribution in [2.75, 3.05) is 25.2 Å². The lowest BCUT2D eigenvalue weighted by atomic mass is 10.1. The van der Waals surface area contributed by atoms with E-state index in [1.165, 1.54) is 0 Å². The topological polar surface area (TPSA) is 72.9 Å². The smallest absolute Gasteiger partial charge is 0.261 e. The minimum atomic E-state index is -3.14. The average molecular weight is 452 g/mol. The zero-order chi connectivity index (χ0) is 21.9. The van der Waals surface area contributed by atoms with Crippen molar-refractivity contribution in [3.05, 3.63) is 58.1 Å². The average Bonchev–Trinajstić information content (AvgIpc) is 3.07. The first-order valence-electron chi connectivity index (χ1n) is 9.71. The summed E-state index contributed by atoms with van der Waals surface area (Å²) < 4.78 is 35.0. The molecular weight excluding hydrogens is 426 g/mol. The molecule has 1 saturated heterocycles. The van der Waals surface area contributed by atoms with Crippen LogP contribution in [0, 0.1) is 13.8 Å². The quantitative estimate of drug-likeness (QED) is 0.643. The first-order chi connectivity index (χ1) is 14.2. The summed E-state index contributed by atoms with van der Waals surface area (Å²) in [6.07, 6.45) is 0.428. The van der Waals surface area contributed by atoms with E-state index in [9.17, 15) is 13.2 Å². The molecule has 0 bridgehead atoms. The number of ether oxygens (including phenoxy) is 2. The molecule has 8 heteroatoms. The Balaban J connectivity index is 1.77. The maximum Gasteiger partial charge on any atom is 0.261 e. The molecule has 30 heavy (non-hydrogen) atoms. The maximum atomic E-state index is 13.1. The van der Waals surface area contributed by atoms with Crippen molar-refractivity contribution in [1.82, 2.24) is 4.90 Å². The van der Waals surface area contributed by atoms with Crippen LogP contribution in [-0.2, 0) is 21.2 Å². The van der Waals surface area contributed by atoms with Gasteiger partial charge in [0.25, 0.3) is 5.91 Å². The van der Waals surface area contributed by atoms with Gasteiger partial charge in [-0.1, -0.05) is 23.7 Å². The number of sulfone groups is 1. The number of carbonyl (C=O) groups is 1. The Hall–Kier alpha value is -2.25. The standard InChI is InChI=1S/C22H26ClNO5S/c1-15-9-20(10-16(2)22(15)23)29-13-21(25)24(18-7-8-30(26,27)14-18)12-17-5-4-6-19(11-17)28-3/h4-6,9-11,18H,7-8,12-14H2,1-3H3/t18-/m1/s1. The van der Waals surface area contributed by atoms with Crippen LogP contribution < -0.4 is 9.47 Å². The van der Waals surface area contributed by atoms with Crippen molar-refractivity contribution in [2.24, 2.45) is 0 Å². The van der Waals surface area contributed by atoms with Crippen LogP contribution in [0.4, 0.5) is 0 Å². The number of halogens is 1. The first-order valence-corrected chi connectivity index (χ1v) is 11.9. The number of carbonyl (C=O) groups excluding carboxylic acids is 1. The van der Waals surface area contributed by atoms with Crippen molar-refractivity contribution in [1.29, 1.82) is 0 Å². The Morgan fingerprint density at radius 3 is 2.47 bits per heavy atom. The van der Waals surface area contributed by atoms with Crippen molar-refractivity contribution < 1.29 is 22.7 Å². The summed E-state index contributed by atoms with van der Waals surface area (Å²) >= 11 is 6.19. The van der Waals surface area contributed by atoms with Crippen LogP contribution in [0.15, 0.2) is 36.4 Å². The van der Waals surface area contributed by atoms with Crippen molar-refractivity contribution >= 4 is 27.3 Å². The Morgan fingerprint density at radius 2 is 1.87 bits per heavy atom. The molecular formula is C22H26ClNO5S. The second-order valence-electron chi connectivity index (χ2n) is 7.59. The Morgan fingerprint density at radius 1 is 1.17 bits per heavy atom. The van der Waals surface area contributed by atoms with Gasteiger partial charge in [0.1, 0.15) is 11.5 Å². The number of hydrogen-bond donors (Lipinski definition) is 0. The monoisotopic (exact) mass is 451 g/mol. The summed E-state index contributed by atoms with van der Waals surface area (Å²) in [6.45, 7) is 3.87. The fraction of sp³-hybridized carbons (Fsp3) is 0.409. The van der Waals surface area contributed by atoms with E-state index in [-0.39, 0.29) is 36.6 Å². The molecule has 0 spiro atoms. The fourth-order valence-electron chi connectivity index (χ4n) is 3.63. The SMILES string of the molecule is COc1cccc(CN(C(=O)COc2cc(C)c(Cl)c(C)c2)[C@@H]2CCS(=O)(=O)C2)c1. The zero-order valence-corrected chi connectivity index (χ0v) is 18.9. The van der Waals surface area contributed by atoms with E-state index in [1.807, 2.05) is 38.1 Å². The minimum absolute atomic E-state index is 0.0259. The molecule has 2 aromatic rings. The summed E-state index contributed by atoms with van der Waals surface area (Å²) in [4.78, 5) is 14.7. The van der Waals surface area contributed by atoms with Crippen molar-refractivity contribution in [3.63, 3.8) is 0 Å². The highest BCUT2D eigenvalue weighted by Gasteiger charge is 2.34. The molecule has 6 nitrogen and oxygen atoms in total. The van der Waals surface area contributed by atoms with Gasteiger partial charge in [0.05, 0.1) is 18.6 Å². The number of rotatable bonds is 7. The lowest BCUT2D eigenvalue weighted by molar-refractivity contribution is -0.136. The van der Waals surface area contributed by atoms with Crippen molar-refractivity contribution in [3.8, 4) is 11.5 Å². The summed E-state index contributed by atoms with van der Waals surface area (Å²) in [5, 5.41) is 0.671. The van der Waals surface area contributed by atoms with Gasteiger partial charge in [0.15, 0.2) is 16.4 Å². The Labute approximate surface area is 182 Å². The molecule has 1 aliphatic heterocycles. The number of hydrogen-bond acceptors (Lipinski definition) is 5. The molecule has 3 rings (SSSR count). The van der Waals surface area contributed by atoms with Gasteiger partial charge >= 0.3 is 0 Å². The third-order valence-electron chi connectivity index (χ3n) is 5.23. The van der Waals surface area contributed by atoms with E-state index in [4.69, 9.17) is 21.1 Å².